The Labute approximate surface area is 164 Å². The Morgan fingerprint density at radius 2 is 1.89 bits per heavy atom. The lowest BCUT2D eigenvalue weighted by atomic mass is 10.1. The number of methoxy groups -OCH3 is 2. The Hall–Kier alpha value is -2.54. The summed E-state index contributed by atoms with van der Waals surface area (Å²) in [6.45, 7) is 11.1. The predicted octanol–water partition coefficient (Wildman–Crippen LogP) is 5.66. The molecule has 0 aliphatic rings. The lowest BCUT2D eigenvalue weighted by Gasteiger charge is -2.23. The molecule has 2 rings (SSSR count). The van der Waals surface area contributed by atoms with E-state index in [9.17, 15) is 4.79 Å². The first-order chi connectivity index (χ1) is 12.7. The minimum Gasteiger partial charge on any atom is -0.495 e. The van der Waals surface area contributed by atoms with Crippen molar-refractivity contribution in [2.75, 3.05) is 26.2 Å². The molecule has 0 spiro atoms. The third-order valence-corrected chi connectivity index (χ3v) is 4.99. The van der Waals surface area contributed by atoms with Gasteiger partial charge in [-0.1, -0.05) is 12.2 Å². The molecule has 6 nitrogen and oxygen atoms in total. The number of nitrogens with zero attached hydrogens (tertiary/aromatic N) is 2. The molecule has 1 heterocycles. The molecule has 1 amide bonds. The molecule has 0 aliphatic heterocycles. The smallest absolute Gasteiger partial charge is 0.415 e. The van der Waals surface area contributed by atoms with Crippen LogP contribution in [0.3, 0.4) is 0 Å². The number of allylic oxidation sites excluding steroid dienone is 1. The monoisotopic (exact) mass is 390 g/mol. The second-order valence-corrected chi connectivity index (χ2v) is 7.88. The van der Waals surface area contributed by atoms with Crippen LogP contribution in [0.2, 0.25) is 0 Å². The fourth-order valence-corrected chi connectivity index (χ4v) is 3.80. The number of carbonyl (C=O) groups is 1. The summed E-state index contributed by atoms with van der Waals surface area (Å²) in [6.07, 6.45) is 3.38. The van der Waals surface area contributed by atoms with Crippen LogP contribution in [-0.2, 0) is 4.74 Å². The van der Waals surface area contributed by atoms with Crippen molar-refractivity contribution >= 4 is 51.0 Å². The Balaban J connectivity index is 2.71. The number of rotatable bonds is 5. The highest BCUT2D eigenvalue weighted by atomic mass is 32.1. The molecule has 2 aromatic rings. The van der Waals surface area contributed by atoms with Crippen LogP contribution < -0.4 is 14.4 Å². The van der Waals surface area contributed by atoms with Gasteiger partial charge in [-0.15, -0.1) is 11.3 Å². The van der Waals surface area contributed by atoms with Gasteiger partial charge in [-0.05, 0) is 40.5 Å². The number of fused-ring (bicyclic) bond motifs is 1. The molecule has 0 fully saturated rings. The van der Waals surface area contributed by atoms with Gasteiger partial charge < -0.3 is 14.2 Å². The first-order valence-electron chi connectivity index (χ1n) is 8.46. The van der Waals surface area contributed by atoms with Gasteiger partial charge in [-0.3, -0.25) is 9.89 Å². The third kappa shape index (κ3) is 4.08. The molecule has 27 heavy (non-hydrogen) atoms. The maximum atomic E-state index is 12.4. The van der Waals surface area contributed by atoms with Crippen molar-refractivity contribution in [1.29, 1.82) is 0 Å². The number of ether oxygens (including phenoxy) is 3. The van der Waals surface area contributed by atoms with E-state index < -0.39 is 11.7 Å². The van der Waals surface area contributed by atoms with Gasteiger partial charge in [0.1, 0.15) is 22.0 Å². The fraction of sp³-hybridized carbons (Fsp3) is 0.400. The maximum Gasteiger partial charge on any atom is 0.415 e. The lowest BCUT2D eigenvalue weighted by Crippen LogP contribution is -2.33. The number of aliphatic imine (C=N–C) groups is 1. The number of thiophene rings is 1. The summed E-state index contributed by atoms with van der Waals surface area (Å²) in [5.41, 5.74) is 0.813. The predicted molar refractivity (Wildman–Crippen MR) is 113 cm³/mol. The molecule has 1 aromatic carbocycles. The van der Waals surface area contributed by atoms with E-state index in [0.29, 0.717) is 22.2 Å². The van der Waals surface area contributed by atoms with Gasteiger partial charge in [0, 0.05) is 18.0 Å². The molecule has 146 valence electrons. The van der Waals surface area contributed by atoms with Crippen molar-refractivity contribution in [2.24, 2.45) is 4.99 Å². The van der Waals surface area contributed by atoms with E-state index in [0.717, 1.165) is 15.6 Å². The Morgan fingerprint density at radius 1 is 1.26 bits per heavy atom. The first kappa shape index (κ1) is 20.8. The molecule has 7 heteroatoms. The average molecular weight is 391 g/mol. The molecule has 0 unspecified atom stereocenters. The molecule has 0 bridgehead atoms. The Morgan fingerprint density at radius 3 is 2.37 bits per heavy atom. The Bertz CT molecular complexity index is 894. The number of benzene rings is 1. The zero-order chi connectivity index (χ0) is 20.4. The van der Waals surface area contributed by atoms with Gasteiger partial charge in [0.25, 0.3) is 0 Å². The van der Waals surface area contributed by atoms with E-state index in [-0.39, 0.29) is 0 Å². The van der Waals surface area contributed by atoms with E-state index in [1.54, 1.807) is 21.3 Å². The van der Waals surface area contributed by atoms with Gasteiger partial charge in [-0.25, -0.2) is 4.79 Å². The molecular formula is C20H26N2O4S. The number of anilines is 1. The SMILES string of the molecule is C=Nc1c(/C=C\C)c(OC)c2cc(N(C)C(=O)OC(C)(C)C)sc2c1OC. The van der Waals surface area contributed by atoms with E-state index in [1.807, 2.05) is 45.9 Å². The van der Waals surface area contributed by atoms with Crippen LogP contribution in [-0.4, -0.2) is 39.7 Å². The van der Waals surface area contributed by atoms with Crippen molar-refractivity contribution in [3.63, 3.8) is 0 Å². The fourth-order valence-electron chi connectivity index (χ4n) is 2.67. The van der Waals surface area contributed by atoms with Crippen molar-refractivity contribution < 1.29 is 19.0 Å². The van der Waals surface area contributed by atoms with Crippen LogP contribution in [0.25, 0.3) is 16.2 Å². The van der Waals surface area contributed by atoms with Crippen molar-refractivity contribution in [1.82, 2.24) is 0 Å². The Kier molecular flexibility index (Phi) is 6.15. The normalized spacial score (nSPS) is 11.7. The third-order valence-electron chi connectivity index (χ3n) is 3.78. The standard InChI is InChI=1S/C20H26N2O4S/c1-9-10-12-15(21-5)17(25-8)18-13(16(12)24-7)11-14(27-18)22(6)19(23)26-20(2,3)4/h9-11H,5H2,1-4,6-8H3/b10-9-. The minimum atomic E-state index is -0.573. The highest BCUT2D eigenvalue weighted by molar-refractivity contribution is 7.23. The first-order valence-corrected chi connectivity index (χ1v) is 9.27. The molecule has 0 saturated heterocycles. The van der Waals surface area contributed by atoms with Crippen molar-refractivity contribution in [2.45, 2.75) is 33.3 Å². The summed E-state index contributed by atoms with van der Waals surface area (Å²) >= 11 is 1.40. The molecule has 0 saturated carbocycles. The number of amides is 1. The van der Waals surface area contributed by atoms with Crippen LogP contribution in [0.1, 0.15) is 33.3 Å². The van der Waals surface area contributed by atoms with E-state index in [4.69, 9.17) is 14.2 Å². The van der Waals surface area contributed by atoms with Crippen LogP contribution in [0.5, 0.6) is 11.5 Å². The zero-order valence-electron chi connectivity index (χ0n) is 16.9. The van der Waals surface area contributed by atoms with E-state index in [1.165, 1.54) is 16.2 Å². The summed E-state index contributed by atoms with van der Waals surface area (Å²) in [5, 5.41) is 1.55. The topological polar surface area (TPSA) is 60.4 Å². The maximum absolute atomic E-state index is 12.4. The number of carbonyl (C=O) groups excluding carboxylic acids is 1. The van der Waals surface area contributed by atoms with Crippen LogP contribution in [0.4, 0.5) is 15.5 Å². The van der Waals surface area contributed by atoms with Gasteiger partial charge in [0.2, 0.25) is 0 Å². The lowest BCUT2D eigenvalue weighted by molar-refractivity contribution is 0.0590. The molecular weight excluding hydrogens is 364 g/mol. The second kappa shape index (κ2) is 8.00. The quantitative estimate of drug-likeness (QED) is 0.619. The van der Waals surface area contributed by atoms with Crippen molar-refractivity contribution in [3.05, 3.63) is 17.7 Å². The second-order valence-electron chi connectivity index (χ2n) is 6.85. The summed E-state index contributed by atoms with van der Waals surface area (Å²) in [4.78, 5) is 18.1. The zero-order valence-corrected chi connectivity index (χ0v) is 17.7. The largest absolute Gasteiger partial charge is 0.495 e. The average Bonchev–Trinajstić information content (AvgIpc) is 3.03. The summed E-state index contributed by atoms with van der Waals surface area (Å²) in [5.74, 6) is 1.26. The van der Waals surface area contributed by atoms with Gasteiger partial charge >= 0.3 is 6.09 Å². The molecule has 0 radical (unpaired) electrons. The summed E-state index contributed by atoms with van der Waals surface area (Å²) in [6, 6.07) is 1.89. The highest BCUT2D eigenvalue weighted by Crippen LogP contribution is 2.51. The van der Waals surface area contributed by atoms with Crippen LogP contribution >= 0.6 is 11.3 Å². The molecule has 0 aliphatic carbocycles. The molecule has 1 aromatic heterocycles. The van der Waals surface area contributed by atoms with E-state index >= 15 is 0 Å². The van der Waals surface area contributed by atoms with Gasteiger partial charge in [-0.2, -0.15) is 0 Å². The number of hydrogen-bond donors (Lipinski definition) is 0. The highest BCUT2D eigenvalue weighted by Gasteiger charge is 2.26. The van der Waals surface area contributed by atoms with Crippen LogP contribution in [0, 0.1) is 0 Å². The number of hydrogen-bond acceptors (Lipinski definition) is 6. The van der Waals surface area contributed by atoms with E-state index in [2.05, 4.69) is 11.7 Å². The van der Waals surface area contributed by atoms with Crippen molar-refractivity contribution in [3.8, 4) is 11.5 Å². The molecule has 0 N–H and O–H groups in total. The summed E-state index contributed by atoms with van der Waals surface area (Å²) < 4.78 is 17.6. The minimum absolute atomic E-state index is 0.428. The molecule has 0 atom stereocenters. The van der Waals surface area contributed by atoms with Gasteiger partial charge in [0.05, 0.1) is 18.9 Å². The van der Waals surface area contributed by atoms with Gasteiger partial charge in [0.15, 0.2) is 5.75 Å². The summed E-state index contributed by atoms with van der Waals surface area (Å²) in [7, 11) is 4.87. The van der Waals surface area contributed by atoms with Crippen LogP contribution in [0.15, 0.2) is 17.1 Å².